The molecule has 0 bridgehead atoms. The first-order valence-corrected chi connectivity index (χ1v) is 6.64. The first-order chi connectivity index (χ1) is 9.15. The van der Waals surface area contributed by atoms with Gasteiger partial charge in [-0.05, 0) is 30.9 Å². The summed E-state index contributed by atoms with van der Waals surface area (Å²) >= 11 is 0. The Bertz CT molecular complexity index is 468. The standard InChI is InChI=1S/C14H18N2O3/c17-13(8-10-4-2-1-3-5-10)16-12-9-11(14(18)19)6-7-15-12/h6-7,9-10H,1-5,8H2,(H,18,19)(H,15,16,17). The van der Waals surface area contributed by atoms with Crippen LogP contribution in [0.15, 0.2) is 18.3 Å². The van der Waals surface area contributed by atoms with E-state index in [1.807, 2.05) is 0 Å². The zero-order valence-electron chi connectivity index (χ0n) is 10.8. The smallest absolute Gasteiger partial charge is 0.335 e. The van der Waals surface area contributed by atoms with Gasteiger partial charge in [0.05, 0.1) is 5.56 Å². The van der Waals surface area contributed by atoms with Gasteiger partial charge in [-0.25, -0.2) is 9.78 Å². The Morgan fingerprint density at radius 1 is 1.32 bits per heavy atom. The molecular formula is C14H18N2O3. The van der Waals surface area contributed by atoms with Crippen LogP contribution in [-0.2, 0) is 4.79 Å². The minimum absolute atomic E-state index is 0.0815. The van der Waals surface area contributed by atoms with Gasteiger partial charge in [-0.2, -0.15) is 0 Å². The van der Waals surface area contributed by atoms with E-state index in [0.29, 0.717) is 18.2 Å². The molecule has 1 fully saturated rings. The van der Waals surface area contributed by atoms with Crippen molar-refractivity contribution < 1.29 is 14.7 Å². The maximum Gasteiger partial charge on any atom is 0.335 e. The summed E-state index contributed by atoms with van der Waals surface area (Å²) in [6.07, 6.45) is 7.76. The van der Waals surface area contributed by atoms with Crippen molar-refractivity contribution in [1.82, 2.24) is 4.98 Å². The number of amides is 1. The van der Waals surface area contributed by atoms with E-state index in [9.17, 15) is 9.59 Å². The summed E-state index contributed by atoms with van der Waals surface area (Å²) in [5.74, 6) is -0.343. The van der Waals surface area contributed by atoms with Gasteiger partial charge in [-0.15, -0.1) is 0 Å². The second-order valence-corrected chi connectivity index (χ2v) is 4.99. The van der Waals surface area contributed by atoms with Crippen molar-refractivity contribution in [3.05, 3.63) is 23.9 Å². The van der Waals surface area contributed by atoms with Crippen LogP contribution >= 0.6 is 0 Å². The Morgan fingerprint density at radius 3 is 2.74 bits per heavy atom. The van der Waals surface area contributed by atoms with Crippen LogP contribution in [0.5, 0.6) is 0 Å². The molecule has 19 heavy (non-hydrogen) atoms. The number of aromatic nitrogens is 1. The van der Waals surface area contributed by atoms with Crippen molar-refractivity contribution in [3.8, 4) is 0 Å². The van der Waals surface area contributed by atoms with Crippen LogP contribution in [0.4, 0.5) is 5.82 Å². The molecule has 2 N–H and O–H groups in total. The van der Waals surface area contributed by atoms with Crippen LogP contribution in [0.25, 0.3) is 0 Å². The molecule has 0 saturated heterocycles. The van der Waals surface area contributed by atoms with E-state index in [4.69, 9.17) is 5.11 Å². The number of hydrogen-bond acceptors (Lipinski definition) is 3. The van der Waals surface area contributed by atoms with Gasteiger partial charge in [0.1, 0.15) is 5.82 Å². The van der Waals surface area contributed by atoms with Crippen molar-refractivity contribution in [2.45, 2.75) is 38.5 Å². The van der Waals surface area contributed by atoms with Crippen molar-refractivity contribution in [2.24, 2.45) is 5.92 Å². The Hall–Kier alpha value is -1.91. The monoisotopic (exact) mass is 262 g/mol. The first-order valence-electron chi connectivity index (χ1n) is 6.64. The minimum atomic E-state index is -1.02. The average Bonchev–Trinajstić information content (AvgIpc) is 2.40. The predicted molar refractivity (Wildman–Crippen MR) is 71.0 cm³/mol. The summed E-state index contributed by atoms with van der Waals surface area (Å²) in [5, 5.41) is 11.5. The topological polar surface area (TPSA) is 79.3 Å². The van der Waals surface area contributed by atoms with Crippen LogP contribution in [0.1, 0.15) is 48.9 Å². The lowest BCUT2D eigenvalue weighted by atomic mass is 9.87. The van der Waals surface area contributed by atoms with Crippen molar-refractivity contribution in [2.75, 3.05) is 5.32 Å². The summed E-state index contributed by atoms with van der Waals surface area (Å²) in [6.45, 7) is 0. The summed E-state index contributed by atoms with van der Waals surface area (Å²) in [4.78, 5) is 26.6. The third kappa shape index (κ3) is 4.05. The van der Waals surface area contributed by atoms with Crippen LogP contribution in [0.2, 0.25) is 0 Å². The average molecular weight is 262 g/mol. The number of aromatic carboxylic acids is 1. The normalized spacial score (nSPS) is 16.0. The fourth-order valence-corrected chi connectivity index (χ4v) is 2.48. The molecule has 1 saturated carbocycles. The fourth-order valence-electron chi connectivity index (χ4n) is 2.48. The van der Waals surface area contributed by atoms with E-state index >= 15 is 0 Å². The van der Waals surface area contributed by atoms with Gasteiger partial charge in [0, 0.05) is 12.6 Å². The van der Waals surface area contributed by atoms with Crippen LogP contribution < -0.4 is 5.32 Å². The Morgan fingerprint density at radius 2 is 2.05 bits per heavy atom. The molecule has 2 rings (SSSR count). The molecule has 1 heterocycles. The summed E-state index contributed by atoms with van der Waals surface area (Å²) in [7, 11) is 0. The second kappa shape index (κ2) is 6.31. The van der Waals surface area contributed by atoms with E-state index in [-0.39, 0.29) is 11.5 Å². The van der Waals surface area contributed by atoms with Gasteiger partial charge < -0.3 is 10.4 Å². The highest BCUT2D eigenvalue weighted by molar-refractivity contribution is 5.92. The van der Waals surface area contributed by atoms with Gasteiger partial charge in [-0.1, -0.05) is 19.3 Å². The summed E-state index contributed by atoms with van der Waals surface area (Å²) in [6, 6.07) is 2.78. The van der Waals surface area contributed by atoms with E-state index < -0.39 is 5.97 Å². The van der Waals surface area contributed by atoms with Crippen molar-refractivity contribution in [3.63, 3.8) is 0 Å². The lowest BCUT2D eigenvalue weighted by molar-refractivity contribution is -0.117. The van der Waals surface area contributed by atoms with Crippen LogP contribution in [-0.4, -0.2) is 22.0 Å². The van der Waals surface area contributed by atoms with E-state index in [2.05, 4.69) is 10.3 Å². The number of anilines is 1. The molecule has 0 unspecified atom stereocenters. The zero-order valence-corrected chi connectivity index (χ0v) is 10.8. The molecule has 1 aromatic rings. The molecule has 1 aromatic heterocycles. The minimum Gasteiger partial charge on any atom is -0.478 e. The summed E-state index contributed by atoms with van der Waals surface area (Å²) in [5.41, 5.74) is 0.128. The fraction of sp³-hybridized carbons (Fsp3) is 0.500. The second-order valence-electron chi connectivity index (χ2n) is 4.99. The van der Waals surface area contributed by atoms with E-state index in [0.717, 1.165) is 12.8 Å². The Balaban J connectivity index is 1.90. The number of nitrogens with one attached hydrogen (secondary N) is 1. The molecule has 1 aliphatic carbocycles. The first kappa shape index (κ1) is 13.5. The predicted octanol–water partition coefficient (Wildman–Crippen LogP) is 2.69. The number of hydrogen-bond donors (Lipinski definition) is 2. The largest absolute Gasteiger partial charge is 0.478 e. The Kier molecular flexibility index (Phi) is 4.49. The molecule has 0 spiro atoms. The zero-order chi connectivity index (χ0) is 13.7. The highest BCUT2D eigenvalue weighted by Gasteiger charge is 2.17. The number of nitrogens with zero attached hydrogens (tertiary/aromatic N) is 1. The van der Waals surface area contributed by atoms with E-state index in [1.54, 1.807) is 0 Å². The third-order valence-corrected chi connectivity index (χ3v) is 3.47. The van der Waals surface area contributed by atoms with Crippen LogP contribution in [0, 0.1) is 5.92 Å². The quantitative estimate of drug-likeness (QED) is 0.874. The number of carbonyl (C=O) groups excluding carboxylic acids is 1. The van der Waals surface area contributed by atoms with Crippen LogP contribution in [0.3, 0.4) is 0 Å². The maximum atomic E-state index is 11.9. The van der Waals surface area contributed by atoms with Gasteiger partial charge in [-0.3, -0.25) is 4.79 Å². The molecule has 5 heteroatoms. The molecule has 1 amide bonds. The molecule has 0 atom stereocenters. The van der Waals surface area contributed by atoms with Crippen molar-refractivity contribution in [1.29, 1.82) is 0 Å². The third-order valence-electron chi connectivity index (χ3n) is 3.47. The number of carboxylic acid groups (broad SMARTS) is 1. The highest BCUT2D eigenvalue weighted by atomic mass is 16.4. The molecule has 102 valence electrons. The molecule has 0 aromatic carbocycles. The maximum absolute atomic E-state index is 11.9. The van der Waals surface area contributed by atoms with Gasteiger partial charge in [0.25, 0.3) is 0 Å². The van der Waals surface area contributed by atoms with Crippen molar-refractivity contribution >= 4 is 17.7 Å². The number of carbonyl (C=O) groups is 2. The molecule has 0 aliphatic heterocycles. The highest BCUT2D eigenvalue weighted by Crippen LogP contribution is 2.26. The number of carboxylic acids is 1. The number of pyridine rings is 1. The Labute approximate surface area is 112 Å². The summed E-state index contributed by atoms with van der Waals surface area (Å²) < 4.78 is 0. The SMILES string of the molecule is O=C(CC1CCCCC1)Nc1cc(C(=O)O)ccn1. The number of rotatable bonds is 4. The lowest BCUT2D eigenvalue weighted by Gasteiger charge is -2.20. The van der Waals surface area contributed by atoms with Gasteiger partial charge >= 0.3 is 5.97 Å². The van der Waals surface area contributed by atoms with E-state index in [1.165, 1.54) is 37.6 Å². The molecule has 0 radical (unpaired) electrons. The molecule has 5 nitrogen and oxygen atoms in total. The van der Waals surface area contributed by atoms with Gasteiger partial charge in [0.2, 0.25) is 5.91 Å². The molecule has 1 aliphatic rings. The molecular weight excluding hydrogens is 244 g/mol. The van der Waals surface area contributed by atoms with Gasteiger partial charge in [0.15, 0.2) is 0 Å². The lowest BCUT2D eigenvalue weighted by Crippen LogP contribution is -2.19.